The van der Waals surface area contributed by atoms with E-state index in [4.69, 9.17) is 19.7 Å². The number of methoxy groups -OCH3 is 2. The molecular formula is C18H21ClN6O4. The number of hydrogen-bond acceptors (Lipinski definition) is 9. The number of hydrogen-bond donors (Lipinski definition) is 1. The average molecular weight is 421 g/mol. The molecule has 0 saturated carbocycles. The number of carbonyl (C=O) groups excluding carboxylic acids is 1. The third kappa shape index (κ3) is 3.83. The van der Waals surface area contributed by atoms with E-state index >= 15 is 0 Å². The Kier molecular flexibility index (Phi) is 5.92. The van der Waals surface area contributed by atoms with Crippen LogP contribution in [0.1, 0.15) is 10.6 Å². The summed E-state index contributed by atoms with van der Waals surface area (Å²) in [5, 5.41) is 4.27. The van der Waals surface area contributed by atoms with E-state index in [2.05, 4.69) is 15.1 Å². The number of rotatable bonds is 4. The molecule has 0 radical (unpaired) electrons. The molecule has 0 atom stereocenters. The van der Waals surface area contributed by atoms with Crippen LogP contribution in [0.2, 0.25) is 0 Å². The molecule has 2 N–H and O–H groups in total. The summed E-state index contributed by atoms with van der Waals surface area (Å²) in [5.74, 6) is 2.08. The van der Waals surface area contributed by atoms with E-state index in [1.165, 1.54) is 6.20 Å². The third-order valence-electron chi connectivity index (χ3n) is 4.72. The van der Waals surface area contributed by atoms with Gasteiger partial charge in [-0.2, -0.15) is 4.98 Å². The Bertz CT molecular complexity index is 1010. The molecule has 1 saturated heterocycles. The number of nitrogen functional groups attached to an aromatic ring is 1. The smallest absolute Gasteiger partial charge is 0.292 e. The first-order valence-electron chi connectivity index (χ1n) is 8.75. The predicted molar refractivity (Wildman–Crippen MR) is 109 cm³/mol. The lowest BCUT2D eigenvalue weighted by molar-refractivity contribution is 0.0704. The van der Waals surface area contributed by atoms with Crippen molar-refractivity contribution in [2.75, 3.05) is 51.0 Å². The monoisotopic (exact) mass is 420 g/mol. The first-order chi connectivity index (χ1) is 13.6. The summed E-state index contributed by atoms with van der Waals surface area (Å²) >= 11 is 0. The number of benzene rings is 1. The summed E-state index contributed by atoms with van der Waals surface area (Å²) in [6.07, 6.45) is 1.46. The zero-order valence-electron chi connectivity index (χ0n) is 16.0. The lowest BCUT2D eigenvalue weighted by atomic mass is 10.2. The van der Waals surface area contributed by atoms with Gasteiger partial charge in [-0.1, -0.05) is 5.16 Å². The largest absolute Gasteiger partial charge is 0.493 e. The normalized spacial score (nSPS) is 13.9. The summed E-state index contributed by atoms with van der Waals surface area (Å²) in [4.78, 5) is 25.1. The molecular weight excluding hydrogens is 400 g/mol. The number of carbonyl (C=O) groups is 1. The lowest BCUT2D eigenvalue weighted by Crippen LogP contribution is -2.49. The number of ether oxygens (including phenoxy) is 2. The van der Waals surface area contributed by atoms with E-state index in [1.807, 2.05) is 4.90 Å². The highest BCUT2D eigenvalue weighted by molar-refractivity contribution is 5.92. The first kappa shape index (κ1) is 20.5. The topological polar surface area (TPSA) is 120 Å². The average Bonchev–Trinajstić information content (AvgIpc) is 3.27. The molecule has 11 heteroatoms. The van der Waals surface area contributed by atoms with Crippen LogP contribution in [-0.2, 0) is 0 Å². The van der Waals surface area contributed by atoms with Crippen molar-refractivity contribution in [2.24, 2.45) is 0 Å². The molecule has 29 heavy (non-hydrogen) atoms. The number of halogens is 1. The molecule has 0 spiro atoms. The van der Waals surface area contributed by atoms with Crippen LogP contribution in [0.4, 0.5) is 11.8 Å². The summed E-state index contributed by atoms with van der Waals surface area (Å²) in [5.41, 5.74) is 6.83. The molecule has 3 heterocycles. The second-order valence-corrected chi connectivity index (χ2v) is 6.29. The minimum absolute atomic E-state index is 0. The second kappa shape index (κ2) is 8.39. The van der Waals surface area contributed by atoms with E-state index < -0.39 is 0 Å². The number of amides is 1. The van der Waals surface area contributed by atoms with Gasteiger partial charge >= 0.3 is 0 Å². The SMILES string of the molecule is COc1cc2nc(N3CCN(C(=O)c4ccno4)CC3)nc(N)c2cc1OC.Cl. The molecule has 1 aliphatic rings. The highest BCUT2D eigenvalue weighted by Crippen LogP contribution is 2.34. The van der Waals surface area contributed by atoms with Gasteiger partial charge in [-0.25, -0.2) is 4.98 Å². The van der Waals surface area contributed by atoms with Crippen LogP contribution in [0.5, 0.6) is 11.5 Å². The van der Waals surface area contributed by atoms with Crippen LogP contribution >= 0.6 is 12.4 Å². The van der Waals surface area contributed by atoms with Gasteiger partial charge in [-0.15, -0.1) is 12.4 Å². The second-order valence-electron chi connectivity index (χ2n) is 6.29. The highest BCUT2D eigenvalue weighted by atomic mass is 35.5. The van der Waals surface area contributed by atoms with Crippen molar-refractivity contribution in [1.82, 2.24) is 20.0 Å². The summed E-state index contributed by atoms with van der Waals surface area (Å²) in [7, 11) is 3.13. The molecule has 3 aromatic rings. The molecule has 1 amide bonds. The number of nitrogens with two attached hydrogens (primary N) is 1. The molecule has 1 aromatic carbocycles. The van der Waals surface area contributed by atoms with E-state index in [1.54, 1.807) is 37.3 Å². The Morgan fingerprint density at radius 1 is 1.10 bits per heavy atom. The van der Waals surface area contributed by atoms with Crippen molar-refractivity contribution >= 4 is 41.0 Å². The molecule has 0 aliphatic carbocycles. The number of aromatic nitrogens is 3. The molecule has 1 fully saturated rings. The van der Waals surface area contributed by atoms with Crippen molar-refractivity contribution in [1.29, 1.82) is 0 Å². The quantitative estimate of drug-likeness (QED) is 0.670. The maximum Gasteiger partial charge on any atom is 0.292 e. The van der Waals surface area contributed by atoms with E-state index in [0.29, 0.717) is 60.3 Å². The zero-order valence-corrected chi connectivity index (χ0v) is 16.8. The van der Waals surface area contributed by atoms with Gasteiger partial charge in [0.15, 0.2) is 11.5 Å². The fraction of sp³-hybridized carbons (Fsp3) is 0.333. The van der Waals surface area contributed by atoms with E-state index in [-0.39, 0.29) is 24.1 Å². The van der Waals surface area contributed by atoms with Crippen molar-refractivity contribution in [2.45, 2.75) is 0 Å². The summed E-state index contributed by atoms with van der Waals surface area (Å²) < 4.78 is 15.6. The lowest BCUT2D eigenvalue weighted by Gasteiger charge is -2.34. The van der Waals surface area contributed by atoms with Crippen LogP contribution in [-0.4, -0.2) is 66.3 Å². The Labute approximate surface area is 173 Å². The molecule has 0 unspecified atom stereocenters. The maximum absolute atomic E-state index is 12.4. The van der Waals surface area contributed by atoms with Gasteiger partial charge in [0.25, 0.3) is 5.91 Å². The number of fused-ring (bicyclic) bond motifs is 1. The fourth-order valence-corrected chi connectivity index (χ4v) is 3.20. The van der Waals surface area contributed by atoms with Gasteiger partial charge < -0.3 is 29.5 Å². The molecule has 2 aromatic heterocycles. The fourth-order valence-electron chi connectivity index (χ4n) is 3.20. The van der Waals surface area contributed by atoms with Gasteiger partial charge in [0, 0.05) is 43.7 Å². The van der Waals surface area contributed by atoms with E-state index in [9.17, 15) is 4.79 Å². The highest BCUT2D eigenvalue weighted by Gasteiger charge is 2.26. The number of nitrogens with zero attached hydrogens (tertiary/aromatic N) is 5. The summed E-state index contributed by atoms with van der Waals surface area (Å²) in [6, 6.07) is 5.10. The zero-order chi connectivity index (χ0) is 19.7. The van der Waals surface area contributed by atoms with Crippen LogP contribution in [0, 0.1) is 0 Å². The molecule has 154 valence electrons. The van der Waals surface area contributed by atoms with Gasteiger partial charge in [0.05, 0.1) is 25.9 Å². The van der Waals surface area contributed by atoms with Crippen LogP contribution in [0.25, 0.3) is 10.9 Å². The maximum atomic E-state index is 12.4. The molecule has 0 bridgehead atoms. The van der Waals surface area contributed by atoms with Crippen molar-refractivity contribution in [3.8, 4) is 11.5 Å². The Balaban J connectivity index is 0.00000240. The standard InChI is InChI=1S/C18H20N6O4.ClH/c1-26-14-9-11-12(10-15(14)27-2)21-18(22-16(11)19)24-7-5-23(6-8-24)17(25)13-3-4-20-28-13;/h3-4,9-10H,5-8H2,1-2H3,(H2,19,21,22);1H. The van der Waals surface area contributed by atoms with Crippen LogP contribution < -0.4 is 20.1 Å². The minimum Gasteiger partial charge on any atom is -0.493 e. The van der Waals surface area contributed by atoms with Gasteiger partial charge in [-0.3, -0.25) is 4.79 Å². The number of anilines is 2. The third-order valence-corrected chi connectivity index (χ3v) is 4.72. The Morgan fingerprint density at radius 3 is 2.41 bits per heavy atom. The van der Waals surface area contributed by atoms with Crippen molar-refractivity contribution in [3.05, 3.63) is 30.2 Å². The molecule has 10 nitrogen and oxygen atoms in total. The Hall–Kier alpha value is -3.27. The van der Waals surface area contributed by atoms with Crippen LogP contribution in [0.15, 0.2) is 28.9 Å². The molecule has 1 aliphatic heterocycles. The van der Waals surface area contributed by atoms with Crippen molar-refractivity contribution in [3.63, 3.8) is 0 Å². The van der Waals surface area contributed by atoms with Crippen molar-refractivity contribution < 1.29 is 18.8 Å². The predicted octanol–water partition coefficient (Wildman–Crippen LogP) is 1.60. The number of piperazine rings is 1. The minimum atomic E-state index is -0.173. The first-order valence-corrected chi connectivity index (χ1v) is 8.75. The van der Waals surface area contributed by atoms with Gasteiger partial charge in [0.1, 0.15) is 5.82 Å². The van der Waals surface area contributed by atoms with Gasteiger partial charge in [0.2, 0.25) is 11.7 Å². The summed E-state index contributed by atoms with van der Waals surface area (Å²) in [6.45, 7) is 2.20. The van der Waals surface area contributed by atoms with Crippen LogP contribution in [0.3, 0.4) is 0 Å². The Morgan fingerprint density at radius 2 is 1.79 bits per heavy atom. The van der Waals surface area contributed by atoms with E-state index in [0.717, 1.165) is 0 Å². The molecule has 4 rings (SSSR count). The van der Waals surface area contributed by atoms with Gasteiger partial charge in [-0.05, 0) is 6.07 Å².